The molecule has 0 amide bonds. The van der Waals surface area contributed by atoms with Crippen LogP contribution in [0.1, 0.15) is 12.8 Å². The van der Waals surface area contributed by atoms with Crippen LogP contribution in [0.3, 0.4) is 0 Å². The van der Waals surface area contributed by atoms with Crippen LogP contribution in [-0.2, 0) is 28.5 Å². The van der Waals surface area contributed by atoms with E-state index in [1.807, 2.05) is 0 Å². The molecule has 0 aromatic heterocycles. The van der Waals surface area contributed by atoms with E-state index in [-0.39, 0.29) is 17.2 Å². The average Bonchev–Trinajstić information content (AvgIpc) is 3.01. The Bertz CT molecular complexity index is 696. The summed E-state index contributed by atoms with van der Waals surface area (Å²) in [4.78, 5) is 9.85. The summed E-state index contributed by atoms with van der Waals surface area (Å²) in [5.41, 5.74) is -0.193. The van der Waals surface area contributed by atoms with E-state index >= 15 is 0 Å². The summed E-state index contributed by atoms with van der Waals surface area (Å²) in [5.74, 6) is -0.705. The molecule has 1 spiro atoms. The zero-order valence-corrected chi connectivity index (χ0v) is 13.6. The monoisotopic (exact) mass is 359 g/mol. The van der Waals surface area contributed by atoms with Gasteiger partial charge in [0.2, 0.25) is 0 Å². The summed E-state index contributed by atoms with van der Waals surface area (Å²) in [7, 11) is -4.02. The van der Waals surface area contributed by atoms with Gasteiger partial charge in [0.1, 0.15) is 0 Å². The molecule has 3 rings (SSSR count). The van der Waals surface area contributed by atoms with Gasteiger partial charge in [-0.15, -0.1) is 0 Å². The van der Waals surface area contributed by atoms with Crippen LogP contribution in [-0.4, -0.2) is 51.7 Å². The molecule has 2 saturated heterocycles. The lowest BCUT2D eigenvalue weighted by Gasteiger charge is -2.35. The first-order chi connectivity index (χ1) is 11.4. The fraction of sp³-hybridized carbons (Fsp3) is 0.571. The quantitative estimate of drug-likeness (QED) is 0.438. The molecule has 10 heteroatoms. The standard InChI is InChI=1S/C14H17NO8S/c16-15(17)11-1-3-13(4-2-11)24(18,19)23-10-12-9-14(5-6-20-12)21-7-8-22-14/h1-4,12H,5-10H2. The fourth-order valence-electron chi connectivity index (χ4n) is 2.72. The molecule has 2 aliphatic rings. The van der Waals surface area contributed by atoms with Gasteiger partial charge in [0, 0.05) is 25.0 Å². The largest absolute Gasteiger partial charge is 0.375 e. The van der Waals surface area contributed by atoms with E-state index in [4.69, 9.17) is 18.4 Å². The second kappa shape index (κ2) is 6.73. The fourth-order valence-corrected chi connectivity index (χ4v) is 3.66. The molecule has 0 aliphatic carbocycles. The average molecular weight is 359 g/mol. The molecule has 1 atom stereocenters. The van der Waals surface area contributed by atoms with Crippen LogP contribution in [0.2, 0.25) is 0 Å². The van der Waals surface area contributed by atoms with Gasteiger partial charge < -0.3 is 14.2 Å². The highest BCUT2D eigenvalue weighted by atomic mass is 32.2. The van der Waals surface area contributed by atoms with Crippen molar-refractivity contribution in [2.24, 2.45) is 0 Å². The van der Waals surface area contributed by atoms with Gasteiger partial charge in [-0.2, -0.15) is 8.42 Å². The zero-order valence-electron chi connectivity index (χ0n) is 12.8. The highest BCUT2D eigenvalue weighted by Crippen LogP contribution is 2.33. The van der Waals surface area contributed by atoms with E-state index in [0.717, 1.165) is 24.3 Å². The van der Waals surface area contributed by atoms with E-state index in [9.17, 15) is 18.5 Å². The lowest BCUT2D eigenvalue weighted by molar-refractivity contribution is -0.384. The zero-order chi connectivity index (χ0) is 17.2. The third-order valence-electron chi connectivity index (χ3n) is 3.93. The molecular formula is C14H17NO8S. The lowest BCUT2D eigenvalue weighted by Crippen LogP contribution is -2.43. The molecule has 2 heterocycles. The summed E-state index contributed by atoms with van der Waals surface area (Å²) in [6.45, 7) is 1.24. The van der Waals surface area contributed by atoms with Crippen molar-refractivity contribution in [3.05, 3.63) is 34.4 Å². The molecule has 24 heavy (non-hydrogen) atoms. The maximum absolute atomic E-state index is 12.2. The third kappa shape index (κ3) is 3.73. The van der Waals surface area contributed by atoms with E-state index in [1.54, 1.807) is 0 Å². The van der Waals surface area contributed by atoms with Crippen LogP contribution in [0.4, 0.5) is 5.69 Å². The third-order valence-corrected chi connectivity index (χ3v) is 5.23. The molecule has 2 fully saturated rings. The Kier molecular flexibility index (Phi) is 4.83. The highest BCUT2D eigenvalue weighted by Gasteiger charge is 2.42. The molecule has 0 bridgehead atoms. The summed E-state index contributed by atoms with van der Waals surface area (Å²) in [6.07, 6.45) is 0.520. The number of hydrogen-bond donors (Lipinski definition) is 0. The molecule has 0 radical (unpaired) electrons. The minimum absolute atomic E-state index is 0.146. The number of nitrogens with zero attached hydrogens (tertiary/aromatic N) is 1. The smallest absolute Gasteiger partial charge is 0.297 e. The second-order valence-corrected chi connectivity index (χ2v) is 7.16. The molecule has 2 aliphatic heterocycles. The highest BCUT2D eigenvalue weighted by molar-refractivity contribution is 7.86. The number of benzene rings is 1. The van der Waals surface area contributed by atoms with E-state index in [2.05, 4.69) is 0 Å². The first-order valence-electron chi connectivity index (χ1n) is 7.44. The van der Waals surface area contributed by atoms with Crippen molar-refractivity contribution in [3.8, 4) is 0 Å². The van der Waals surface area contributed by atoms with Gasteiger partial charge in [-0.25, -0.2) is 0 Å². The predicted molar refractivity (Wildman–Crippen MR) is 79.8 cm³/mol. The number of rotatable bonds is 5. The molecule has 132 valence electrons. The summed E-state index contributed by atoms with van der Waals surface area (Å²) in [6, 6.07) is 4.50. The van der Waals surface area contributed by atoms with Gasteiger partial charge in [-0.1, -0.05) is 0 Å². The van der Waals surface area contributed by atoms with Gasteiger partial charge in [0.25, 0.3) is 15.8 Å². The van der Waals surface area contributed by atoms with Crippen molar-refractivity contribution in [2.45, 2.75) is 29.6 Å². The normalized spacial score (nSPS) is 23.4. The van der Waals surface area contributed by atoms with Gasteiger partial charge in [0.15, 0.2) is 5.79 Å². The Morgan fingerprint density at radius 1 is 1.21 bits per heavy atom. The van der Waals surface area contributed by atoms with Crippen LogP contribution in [0.5, 0.6) is 0 Å². The van der Waals surface area contributed by atoms with Crippen molar-refractivity contribution < 1.29 is 31.7 Å². The Labute approximate surface area is 138 Å². The number of nitro groups is 1. The first-order valence-corrected chi connectivity index (χ1v) is 8.84. The molecule has 0 N–H and O–H groups in total. The van der Waals surface area contributed by atoms with E-state index < -0.39 is 26.9 Å². The topological polar surface area (TPSA) is 114 Å². The van der Waals surface area contributed by atoms with Crippen LogP contribution < -0.4 is 0 Å². The molecule has 9 nitrogen and oxygen atoms in total. The van der Waals surface area contributed by atoms with Crippen LogP contribution in [0.25, 0.3) is 0 Å². The number of hydrogen-bond acceptors (Lipinski definition) is 8. The molecule has 1 aromatic rings. The number of ether oxygens (including phenoxy) is 3. The molecular weight excluding hydrogens is 342 g/mol. The number of nitro benzene ring substituents is 1. The number of non-ortho nitro benzene ring substituents is 1. The van der Waals surface area contributed by atoms with Crippen molar-refractivity contribution in [3.63, 3.8) is 0 Å². The van der Waals surface area contributed by atoms with E-state index in [1.165, 1.54) is 0 Å². The molecule has 1 unspecified atom stereocenters. The Balaban J connectivity index is 1.61. The Hall–Kier alpha value is -1.59. The van der Waals surface area contributed by atoms with Crippen LogP contribution >= 0.6 is 0 Å². The Morgan fingerprint density at radius 2 is 1.88 bits per heavy atom. The van der Waals surface area contributed by atoms with Crippen molar-refractivity contribution >= 4 is 15.8 Å². The van der Waals surface area contributed by atoms with Crippen molar-refractivity contribution in [1.29, 1.82) is 0 Å². The van der Waals surface area contributed by atoms with Crippen molar-refractivity contribution in [1.82, 2.24) is 0 Å². The predicted octanol–water partition coefficient (Wildman–Crippen LogP) is 1.22. The minimum Gasteiger partial charge on any atom is -0.375 e. The summed E-state index contributed by atoms with van der Waals surface area (Å²) >= 11 is 0. The first kappa shape index (κ1) is 17.2. The SMILES string of the molecule is O=[N+]([O-])c1ccc(S(=O)(=O)OCC2CC3(CCO2)OCCO3)cc1. The molecule has 0 saturated carbocycles. The maximum atomic E-state index is 12.2. The van der Waals surface area contributed by atoms with Gasteiger partial charge >= 0.3 is 0 Å². The lowest BCUT2D eigenvalue weighted by atomic mass is 10.0. The van der Waals surface area contributed by atoms with Crippen LogP contribution in [0, 0.1) is 10.1 Å². The molecule has 1 aromatic carbocycles. The maximum Gasteiger partial charge on any atom is 0.297 e. The van der Waals surface area contributed by atoms with E-state index in [0.29, 0.717) is 32.7 Å². The van der Waals surface area contributed by atoms with Crippen LogP contribution in [0.15, 0.2) is 29.2 Å². The van der Waals surface area contributed by atoms with Gasteiger partial charge in [0.05, 0.1) is 42.4 Å². The van der Waals surface area contributed by atoms with Crippen molar-refractivity contribution in [2.75, 3.05) is 26.4 Å². The minimum atomic E-state index is -4.02. The van der Waals surface area contributed by atoms with Gasteiger partial charge in [-0.05, 0) is 12.1 Å². The summed E-state index contributed by atoms with van der Waals surface area (Å²) in [5, 5.41) is 10.6. The Morgan fingerprint density at radius 3 is 2.50 bits per heavy atom. The summed E-state index contributed by atoms with van der Waals surface area (Å²) < 4.78 is 46.0. The second-order valence-electron chi connectivity index (χ2n) is 5.54. The van der Waals surface area contributed by atoms with Gasteiger partial charge in [-0.3, -0.25) is 14.3 Å².